The predicted octanol–water partition coefficient (Wildman–Crippen LogP) is 3.95. The van der Waals surface area contributed by atoms with Crippen molar-refractivity contribution in [3.05, 3.63) is 59.7 Å². The Morgan fingerprint density at radius 1 is 1.07 bits per heavy atom. The Bertz CT molecular complexity index is 865. The van der Waals surface area contributed by atoms with Crippen LogP contribution in [0.25, 0.3) is 11.1 Å². The Balaban J connectivity index is 1.54. The standard InChI is InChI=1S/C21H23NO4Si/c1-27(2)12-19(20(23)24)22(13-27)21(25)26-11-18-16-9-5-3-7-14(16)15-8-4-6-10-17(15)18/h3-10,18-19H,11-13H2,1-2H3,(H,23,24). The molecule has 0 saturated carbocycles. The van der Waals surface area contributed by atoms with Crippen LogP contribution >= 0.6 is 0 Å². The topological polar surface area (TPSA) is 66.8 Å². The van der Waals surface area contributed by atoms with Crippen molar-refractivity contribution >= 4 is 20.1 Å². The number of ether oxygens (including phenoxy) is 1. The van der Waals surface area contributed by atoms with Crippen molar-refractivity contribution in [2.24, 2.45) is 0 Å². The van der Waals surface area contributed by atoms with Gasteiger partial charge in [-0.2, -0.15) is 0 Å². The minimum Gasteiger partial charge on any atom is -0.480 e. The molecule has 2 aliphatic rings. The van der Waals surface area contributed by atoms with Crippen molar-refractivity contribution in [2.75, 3.05) is 12.8 Å². The van der Waals surface area contributed by atoms with Crippen LogP contribution in [0, 0.1) is 0 Å². The van der Waals surface area contributed by atoms with Crippen LogP contribution < -0.4 is 0 Å². The fourth-order valence-corrected chi connectivity index (χ4v) is 7.20. The summed E-state index contributed by atoms with van der Waals surface area (Å²) in [6.07, 6.45) is 0.0167. The highest BCUT2D eigenvalue weighted by Crippen LogP contribution is 2.44. The lowest BCUT2D eigenvalue weighted by Gasteiger charge is -2.23. The van der Waals surface area contributed by atoms with Gasteiger partial charge in [-0.15, -0.1) is 0 Å². The molecular weight excluding hydrogens is 358 g/mol. The fraction of sp³-hybridized carbons (Fsp3) is 0.333. The molecule has 4 rings (SSSR count). The van der Waals surface area contributed by atoms with Gasteiger partial charge in [0.05, 0.1) is 8.07 Å². The van der Waals surface area contributed by atoms with Gasteiger partial charge in [0, 0.05) is 12.1 Å². The molecule has 5 nitrogen and oxygen atoms in total. The van der Waals surface area contributed by atoms with Gasteiger partial charge in [0.2, 0.25) is 0 Å². The summed E-state index contributed by atoms with van der Waals surface area (Å²) in [6.45, 7) is 4.44. The molecule has 1 fully saturated rings. The number of amides is 1. The third-order valence-electron chi connectivity index (χ3n) is 5.58. The van der Waals surface area contributed by atoms with Crippen molar-refractivity contribution in [3.8, 4) is 11.1 Å². The monoisotopic (exact) mass is 381 g/mol. The molecule has 1 atom stereocenters. The van der Waals surface area contributed by atoms with Gasteiger partial charge in [-0.25, -0.2) is 9.59 Å². The first kappa shape index (κ1) is 17.8. The Morgan fingerprint density at radius 2 is 1.63 bits per heavy atom. The van der Waals surface area contributed by atoms with Gasteiger partial charge in [-0.05, 0) is 28.3 Å². The highest BCUT2D eigenvalue weighted by atomic mass is 28.3. The van der Waals surface area contributed by atoms with E-state index in [1.165, 1.54) is 16.0 Å². The quantitative estimate of drug-likeness (QED) is 0.818. The van der Waals surface area contributed by atoms with Crippen LogP contribution in [-0.4, -0.2) is 49.0 Å². The van der Waals surface area contributed by atoms with E-state index < -0.39 is 26.2 Å². The molecule has 1 unspecified atom stereocenters. The molecule has 27 heavy (non-hydrogen) atoms. The van der Waals surface area contributed by atoms with Crippen molar-refractivity contribution in [1.29, 1.82) is 0 Å². The summed E-state index contributed by atoms with van der Waals surface area (Å²) < 4.78 is 5.64. The van der Waals surface area contributed by atoms with E-state index in [2.05, 4.69) is 37.4 Å². The van der Waals surface area contributed by atoms with Crippen LogP contribution in [0.5, 0.6) is 0 Å². The third-order valence-corrected chi connectivity index (χ3v) is 8.26. The summed E-state index contributed by atoms with van der Waals surface area (Å²) in [5, 5.41) is 9.48. The van der Waals surface area contributed by atoms with Crippen molar-refractivity contribution in [3.63, 3.8) is 0 Å². The predicted molar refractivity (Wildman–Crippen MR) is 105 cm³/mol. The van der Waals surface area contributed by atoms with Crippen LogP contribution in [0.2, 0.25) is 19.1 Å². The number of carbonyl (C=O) groups is 2. The molecule has 1 saturated heterocycles. The van der Waals surface area contributed by atoms with Gasteiger partial charge in [-0.3, -0.25) is 4.90 Å². The number of benzene rings is 2. The molecule has 0 spiro atoms. The molecule has 0 bridgehead atoms. The van der Waals surface area contributed by atoms with E-state index >= 15 is 0 Å². The van der Waals surface area contributed by atoms with E-state index in [1.54, 1.807) is 0 Å². The number of carboxylic acid groups (broad SMARTS) is 1. The first-order valence-corrected chi connectivity index (χ1v) is 12.6. The van der Waals surface area contributed by atoms with Gasteiger partial charge in [0.15, 0.2) is 0 Å². The second-order valence-corrected chi connectivity index (χ2v) is 13.2. The lowest BCUT2D eigenvalue weighted by molar-refractivity contribution is -0.141. The molecule has 2 aromatic carbocycles. The maximum atomic E-state index is 12.7. The van der Waals surface area contributed by atoms with E-state index in [9.17, 15) is 14.7 Å². The molecule has 1 amide bonds. The van der Waals surface area contributed by atoms with E-state index in [1.807, 2.05) is 24.3 Å². The summed E-state index contributed by atoms with van der Waals surface area (Å²) in [6, 6.07) is 16.1. The number of nitrogens with zero attached hydrogens (tertiary/aromatic N) is 1. The average molecular weight is 382 g/mol. The summed E-state index contributed by atoms with van der Waals surface area (Å²) in [5.41, 5.74) is 4.65. The molecule has 1 heterocycles. The van der Waals surface area contributed by atoms with E-state index in [0.717, 1.165) is 11.1 Å². The maximum Gasteiger partial charge on any atom is 0.410 e. The number of rotatable bonds is 3. The SMILES string of the molecule is C[Si]1(C)CC(C(=O)O)N(C(=O)OCC2c3ccccc3-c3ccccc32)C1. The molecule has 1 aliphatic carbocycles. The van der Waals surface area contributed by atoms with Crippen LogP contribution in [0.4, 0.5) is 4.79 Å². The number of aliphatic carboxylic acids is 1. The van der Waals surface area contributed by atoms with E-state index in [-0.39, 0.29) is 12.5 Å². The molecule has 0 aromatic heterocycles. The van der Waals surface area contributed by atoms with E-state index in [4.69, 9.17) is 4.74 Å². The lowest BCUT2D eigenvalue weighted by atomic mass is 9.98. The summed E-state index contributed by atoms with van der Waals surface area (Å²) in [4.78, 5) is 25.7. The van der Waals surface area contributed by atoms with Crippen molar-refractivity contribution < 1.29 is 19.4 Å². The molecule has 1 aliphatic heterocycles. The highest BCUT2D eigenvalue weighted by molar-refractivity contribution is 6.78. The number of hydrogen-bond donors (Lipinski definition) is 1. The minimum atomic E-state index is -1.72. The van der Waals surface area contributed by atoms with E-state index in [0.29, 0.717) is 12.2 Å². The Morgan fingerprint density at radius 3 is 2.19 bits per heavy atom. The minimum absolute atomic E-state index is 0.0162. The second-order valence-electron chi connectivity index (χ2n) is 8.15. The molecule has 2 aromatic rings. The van der Waals surface area contributed by atoms with Crippen LogP contribution in [0.15, 0.2) is 48.5 Å². The number of hydrogen-bond acceptors (Lipinski definition) is 3. The van der Waals surface area contributed by atoms with Gasteiger partial charge < -0.3 is 9.84 Å². The number of fused-ring (bicyclic) bond motifs is 3. The smallest absolute Gasteiger partial charge is 0.410 e. The Kier molecular flexibility index (Phi) is 4.30. The fourth-order valence-electron chi connectivity index (χ4n) is 4.36. The summed E-state index contributed by atoms with van der Waals surface area (Å²) >= 11 is 0. The first-order chi connectivity index (χ1) is 12.9. The van der Waals surface area contributed by atoms with Crippen LogP contribution in [0.3, 0.4) is 0 Å². The molecular formula is C21H23NO4Si. The van der Waals surface area contributed by atoms with Gasteiger partial charge >= 0.3 is 12.1 Å². The van der Waals surface area contributed by atoms with Crippen LogP contribution in [0.1, 0.15) is 17.0 Å². The maximum absolute atomic E-state index is 12.7. The van der Waals surface area contributed by atoms with Gasteiger partial charge in [-0.1, -0.05) is 61.6 Å². The number of carbonyl (C=O) groups excluding carboxylic acids is 1. The Hall–Kier alpha value is -2.60. The molecule has 1 N–H and O–H groups in total. The zero-order valence-corrected chi connectivity index (χ0v) is 16.5. The molecule has 140 valence electrons. The summed E-state index contributed by atoms with van der Waals surface area (Å²) in [5.74, 6) is -0.959. The van der Waals surface area contributed by atoms with Gasteiger partial charge in [0.1, 0.15) is 12.6 Å². The Labute approximate surface area is 159 Å². The lowest BCUT2D eigenvalue weighted by Crippen LogP contribution is -2.41. The second kappa shape index (κ2) is 6.53. The van der Waals surface area contributed by atoms with Crippen LogP contribution in [-0.2, 0) is 9.53 Å². The highest BCUT2D eigenvalue weighted by Gasteiger charge is 2.46. The first-order valence-electron chi connectivity index (χ1n) is 9.22. The van der Waals surface area contributed by atoms with Gasteiger partial charge in [0.25, 0.3) is 0 Å². The summed E-state index contributed by atoms with van der Waals surface area (Å²) in [7, 11) is -1.72. The molecule has 0 radical (unpaired) electrons. The zero-order chi connectivity index (χ0) is 19.2. The normalized spacial score (nSPS) is 20.2. The average Bonchev–Trinajstić information content (AvgIpc) is 3.14. The zero-order valence-electron chi connectivity index (χ0n) is 15.5. The number of carboxylic acids is 1. The molecule has 6 heteroatoms. The largest absolute Gasteiger partial charge is 0.480 e. The van der Waals surface area contributed by atoms with Crippen molar-refractivity contribution in [1.82, 2.24) is 4.90 Å². The van der Waals surface area contributed by atoms with Crippen molar-refractivity contribution in [2.45, 2.75) is 31.1 Å². The third kappa shape index (κ3) is 3.14.